The van der Waals surface area contributed by atoms with Gasteiger partial charge in [-0.05, 0) is 179 Å². The molecule has 0 aromatic heterocycles. The maximum atomic E-state index is 13.9. The van der Waals surface area contributed by atoms with E-state index in [1.54, 1.807) is 24.3 Å². The molecule has 1 N–H and O–H groups in total. The van der Waals surface area contributed by atoms with E-state index in [0.717, 1.165) is 7.14 Å². The van der Waals surface area contributed by atoms with Gasteiger partial charge in [0.25, 0.3) is 10.1 Å². The Morgan fingerprint density at radius 1 is 0.660 bits per heavy atom. The van der Waals surface area contributed by atoms with E-state index >= 15 is 0 Å². The van der Waals surface area contributed by atoms with Crippen LogP contribution >= 0.6 is 136 Å². The van der Waals surface area contributed by atoms with Crippen LogP contribution in [0.1, 0.15) is 19.3 Å². The van der Waals surface area contributed by atoms with Gasteiger partial charge in [-0.15, -0.1) is 0 Å². The zero-order valence-electron chi connectivity index (χ0n) is 22.5. The van der Waals surface area contributed by atoms with Crippen LogP contribution in [0, 0.1) is 39.2 Å². The summed E-state index contributed by atoms with van der Waals surface area (Å²) >= 11 is 11.6. The van der Waals surface area contributed by atoms with Gasteiger partial charge in [0.1, 0.15) is 5.75 Å². The molecule has 47 heavy (non-hydrogen) atoms. The van der Waals surface area contributed by atoms with Gasteiger partial charge >= 0.3 is 35.9 Å². The van der Waals surface area contributed by atoms with Gasteiger partial charge in [0.05, 0.1) is 32.0 Å². The third-order valence-corrected chi connectivity index (χ3v) is 11.8. The van der Waals surface area contributed by atoms with Crippen molar-refractivity contribution >= 4 is 164 Å². The van der Waals surface area contributed by atoms with Gasteiger partial charge in [0, 0.05) is 7.14 Å². The second-order valence-corrected chi connectivity index (χ2v) is 18.6. The number of carbonyl (C=O) groups excluding carboxylic acids is 3. The summed E-state index contributed by atoms with van der Waals surface area (Å²) < 4.78 is 134. The van der Waals surface area contributed by atoms with Crippen molar-refractivity contribution in [1.29, 1.82) is 0 Å². The van der Waals surface area contributed by atoms with Crippen LogP contribution < -0.4 is 9.47 Å². The molecule has 0 saturated heterocycles. The summed E-state index contributed by atoms with van der Waals surface area (Å²) in [5, 5.41) is 0. The van der Waals surface area contributed by atoms with Crippen LogP contribution in [0.4, 0.5) is 26.3 Å². The average molecular weight is 1370 g/mol. The lowest BCUT2D eigenvalue weighted by Gasteiger charge is -2.38. The van der Waals surface area contributed by atoms with Crippen LogP contribution in [0.2, 0.25) is 0 Å². The van der Waals surface area contributed by atoms with Crippen molar-refractivity contribution < 1.29 is 67.9 Å². The Labute approximate surface area is 344 Å². The van der Waals surface area contributed by atoms with Gasteiger partial charge in [-0.1, -0.05) is 0 Å². The molecule has 1 fully saturated rings. The predicted octanol–water partition coefficient (Wildman–Crippen LogP) is 8.15. The summed E-state index contributed by atoms with van der Waals surface area (Å²) in [6.07, 6.45) is -14.9. The second kappa shape index (κ2) is 16.2. The van der Waals surface area contributed by atoms with E-state index in [1.165, 1.54) is 0 Å². The fraction of sp³-hybridized carbons (Fsp3) is 0.400. The van der Waals surface area contributed by atoms with Gasteiger partial charge in [-0.2, -0.15) is 34.8 Å². The molecule has 0 amide bonds. The molecule has 2 unspecified atom stereocenters. The molecule has 260 valence electrons. The molecule has 1 aliphatic carbocycles. The fourth-order valence-corrected chi connectivity index (χ4v) is 13.0. The maximum absolute atomic E-state index is 13.9. The van der Waals surface area contributed by atoms with Crippen molar-refractivity contribution in [2.45, 2.75) is 37.2 Å². The molecule has 2 atom stereocenters. The van der Waals surface area contributed by atoms with Crippen molar-refractivity contribution in [2.75, 3.05) is 5.75 Å². The molecule has 0 spiro atoms. The Bertz CT molecular complexity index is 1550. The van der Waals surface area contributed by atoms with E-state index in [0.29, 0.717) is 14.3 Å². The molecule has 2 aromatic carbocycles. The molecule has 0 aliphatic heterocycles. The van der Waals surface area contributed by atoms with E-state index in [-0.39, 0.29) is 17.9 Å². The molecule has 3 rings (SSSR count). The highest BCUT2D eigenvalue weighted by molar-refractivity contribution is 14.1. The van der Waals surface area contributed by atoms with Crippen LogP contribution in [0.25, 0.3) is 0 Å². The third kappa shape index (κ3) is 10.6. The number of alkyl halides is 6. The number of hydrogen-bond donors (Lipinski definition) is 1. The fourth-order valence-electron chi connectivity index (χ4n) is 4.50. The van der Waals surface area contributed by atoms with Crippen molar-refractivity contribution in [2.24, 2.45) is 17.8 Å². The Kier molecular flexibility index (Phi) is 14.5. The van der Waals surface area contributed by atoms with Crippen molar-refractivity contribution in [3.63, 3.8) is 0 Å². The normalized spacial score (nSPS) is 19.2. The minimum atomic E-state index is -6.56. The average Bonchev–Trinajstić information content (AvgIpc) is 2.89. The van der Waals surface area contributed by atoms with Crippen LogP contribution in [0.5, 0.6) is 11.5 Å². The number of carbonyl (C=O) groups is 3. The summed E-state index contributed by atoms with van der Waals surface area (Å²) in [6, 6.07) is 6.67. The van der Waals surface area contributed by atoms with E-state index in [9.17, 15) is 49.1 Å². The first-order chi connectivity index (χ1) is 21.3. The molecule has 0 bridgehead atoms. The van der Waals surface area contributed by atoms with Gasteiger partial charge in [0.2, 0.25) is 0 Å². The number of hydrogen-bond acceptors (Lipinski definition) is 8. The lowest BCUT2D eigenvalue weighted by Crippen LogP contribution is -2.64. The zero-order chi connectivity index (χ0) is 35.9. The standard InChI is InChI=1S/C25H16F6I6O9S/c26-24(27,28)23(25(29,30)31,8-47(41,42)43)46-22(40)11-2-9(20(38)44-18-14(34)4-12(32)5-15(18)35)1-10(3-11)21(39)45-19-16(36)6-13(33)7-17(19)37/h4-7,9-11H,1-3,8H2,(H,41,42,43). The summed E-state index contributed by atoms with van der Waals surface area (Å²) in [5.74, 6) is -12.0. The topological polar surface area (TPSA) is 133 Å². The Hall–Kier alpha value is 0.720. The van der Waals surface area contributed by atoms with Gasteiger partial charge < -0.3 is 14.2 Å². The first kappa shape index (κ1) is 42.1. The lowest BCUT2D eigenvalue weighted by molar-refractivity contribution is -0.362. The highest BCUT2D eigenvalue weighted by Crippen LogP contribution is 2.48. The largest absolute Gasteiger partial charge is 0.438 e. The Morgan fingerprint density at radius 2 is 0.957 bits per heavy atom. The second-order valence-electron chi connectivity index (χ2n) is 10.0. The molecule has 1 aliphatic rings. The number of halogens is 12. The first-order valence-corrected chi connectivity index (χ1v) is 20.5. The molecule has 1 saturated carbocycles. The van der Waals surface area contributed by atoms with Crippen LogP contribution in [0.15, 0.2) is 24.3 Å². The molecule has 22 heteroatoms. The molecular formula is C25H16F6I6O9S. The number of rotatable bonds is 8. The number of ether oxygens (including phenoxy) is 3. The maximum Gasteiger partial charge on any atom is 0.438 e. The Balaban J connectivity index is 2.03. The quantitative estimate of drug-likeness (QED) is 0.0915. The molecule has 0 heterocycles. The molecular weight excluding hydrogens is 1350 g/mol. The lowest BCUT2D eigenvalue weighted by atomic mass is 9.75. The number of benzene rings is 2. The molecule has 2 aromatic rings. The van der Waals surface area contributed by atoms with Crippen molar-refractivity contribution in [3.8, 4) is 11.5 Å². The summed E-state index contributed by atoms with van der Waals surface area (Å²) in [5.41, 5.74) is -5.66. The molecule has 0 radical (unpaired) electrons. The Morgan fingerprint density at radius 3 is 1.23 bits per heavy atom. The predicted molar refractivity (Wildman–Crippen MR) is 202 cm³/mol. The van der Waals surface area contributed by atoms with Gasteiger partial charge in [-0.3, -0.25) is 18.9 Å². The molecule has 9 nitrogen and oxygen atoms in total. The van der Waals surface area contributed by atoms with Crippen molar-refractivity contribution in [3.05, 3.63) is 45.7 Å². The van der Waals surface area contributed by atoms with E-state index < -0.39 is 82.3 Å². The SMILES string of the molecule is O=C(Oc1c(I)cc(I)cc1I)C1CC(C(=O)Oc2c(I)cc(I)cc2I)CC(C(=O)OC(CS(=O)(=O)O)(C(F)(F)F)C(F)(F)F)C1. The van der Waals surface area contributed by atoms with E-state index in [2.05, 4.69) is 4.74 Å². The van der Waals surface area contributed by atoms with Crippen LogP contribution in [-0.4, -0.2) is 54.6 Å². The highest BCUT2D eigenvalue weighted by atomic mass is 127. The minimum absolute atomic E-state index is 0.102. The third-order valence-electron chi connectivity index (χ3n) is 6.61. The van der Waals surface area contributed by atoms with E-state index in [1.807, 2.05) is 136 Å². The highest BCUT2D eigenvalue weighted by Gasteiger charge is 2.76. The number of esters is 3. The van der Waals surface area contributed by atoms with Crippen molar-refractivity contribution in [1.82, 2.24) is 0 Å². The summed E-state index contributed by atoms with van der Waals surface area (Å²) in [4.78, 5) is 39.9. The monoisotopic (exact) mass is 1370 g/mol. The van der Waals surface area contributed by atoms with Gasteiger partial charge in [0.15, 0.2) is 11.5 Å². The first-order valence-electron chi connectivity index (χ1n) is 12.4. The van der Waals surface area contributed by atoms with Crippen LogP contribution in [0.3, 0.4) is 0 Å². The summed E-state index contributed by atoms with van der Waals surface area (Å²) in [7, 11) is -6.03. The van der Waals surface area contributed by atoms with Gasteiger partial charge in [-0.25, -0.2) is 0 Å². The van der Waals surface area contributed by atoms with Crippen LogP contribution in [-0.2, 0) is 29.2 Å². The summed E-state index contributed by atoms with van der Waals surface area (Å²) in [6.45, 7) is 0. The zero-order valence-corrected chi connectivity index (χ0v) is 36.3. The van der Waals surface area contributed by atoms with E-state index in [4.69, 9.17) is 14.0 Å². The minimum Gasteiger partial charge on any atom is -0.438 e. The smallest absolute Gasteiger partial charge is 0.438 e.